The van der Waals surface area contributed by atoms with Crippen LogP contribution >= 0.6 is 0 Å². The molecular weight excluding hydrogens is 178 g/mol. The van der Waals surface area contributed by atoms with Crippen LogP contribution in [0.15, 0.2) is 18.2 Å². The second-order valence-corrected chi connectivity index (χ2v) is 3.67. The first-order valence-corrected chi connectivity index (χ1v) is 4.69. The largest absolute Gasteiger partial charge is 0.504 e. The summed E-state index contributed by atoms with van der Waals surface area (Å²) < 4.78 is 5.12. The summed E-state index contributed by atoms with van der Waals surface area (Å²) in [5.74, 6) is 0.931. The van der Waals surface area contributed by atoms with Gasteiger partial charge in [-0.25, -0.2) is 0 Å². The summed E-state index contributed by atoms with van der Waals surface area (Å²) >= 11 is 0. The van der Waals surface area contributed by atoms with E-state index < -0.39 is 0 Å². The van der Waals surface area contributed by atoms with Gasteiger partial charge in [0.2, 0.25) is 0 Å². The summed E-state index contributed by atoms with van der Waals surface area (Å²) in [7, 11) is 1.53. The molecule has 0 amide bonds. The van der Waals surface area contributed by atoms with Gasteiger partial charge in [0.15, 0.2) is 11.5 Å². The fourth-order valence-corrected chi connectivity index (χ4v) is 1.39. The van der Waals surface area contributed by atoms with Crippen LogP contribution in [0, 0.1) is 5.92 Å². The average molecular weight is 195 g/mol. The molecule has 0 spiro atoms. The van der Waals surface area contributed by atoms with Crippen LogP contribution in [0.3, 0.4) is 0 Å². The molecule has 0 aliphatic heterocycles. The first-order chi connectivity index (χ1) is 6.57. The molecule has 0 bridgehead atoms. The zero-order valence-electron chi connectivity index (χ0n) is 8.82. The highest BCUT2D eigenvalue weighted by Crippen LogP contribution is 2.35. The van der Waals surface area contributed by atoms with Gasteiger partial charge < -0.3 is 15.6 Å². The predicted molar refractivity (Wildman–Crippen MR) is 56.4 cm³/mol. The molecule has 1 aromatic rings. The highest BCUT2D eigenvalue weighted by atomic mass is 16.5. The van der Waals surface area contributed by atoms with Crippen LogP contribution in [0.5, 0.6) is 11.5 Å². The Kier molecular flexibility index (Phi) is 3.36. The third kappa shape index (κ3) is 1.99. The van der Waals surface area contributed by atoms with Gasteiger partial charge in [-0.3, -0.25) is 0 Å². The molecule has 0 aliphatic carbocycles. The summed E-state index contributed by atoms with van der Waals surface area (Å²) in [6.07, 6.45) is 0. The molecule has 0 fully saturated rings. The second kappa shape index (κ2) is 4.33. The minimum absolute atomic E-state index is 0.114. The number of para-hydroxylation sites is 1. The van der Waals surface area contributed by atoms with Crippen molar-refractivity contribution in [1.82, 2.24) is 0 Å². The summed E-state index contributed by atoms with van der Waals surface area (Å²) in [6.45, 7) is 4.07. The van der Waals surface area contributed by atoms with E-state index in [1.165, 1.54) is 7.11 Å². The van der Waals surface area contributed by atoms with Crippen molar-refractivity contribution < 1.29 is 9.84 Å². The molecule has 0 saturated heterocycles. The first-order valence-electron chi connectivity index (χ1n) is 4.69. The van der Waals surface area contributed by atoms with Gasteiger partial charge >= 0.3 is 0 Å². The first kappa shape index (κ1) is 10.9. The molecule has 3 nitrogen and oxygen atoms in total. The molecule has 1 rings (SSSR count). The normalized spacial score (nSPS) is 12.9. The van der Waals surface area contributed by atoms with Gasteiger partial charge in [0, 0.05) is 11.6 Å². The molecule has 0 aliphatic rings. The van der Waals surface area contributed by atoms with Gasteiger partial charge in [0.1, 0.15) is 0 Å². The van der Waals surface area contributed by atoms with Crippen LogP contribution in [0.2, 0.25) is 0 Å². The van der Waals surface area contributed by atoms with E-state index in [-0.39, 0.29) is 11.8 Å². The van der Waals surface area contributed by atoms with Crippen LogP contribution in [-0.2, 0) is 0 Å². The minimum Gasteiger partial charge on any atom is -0.504 e. The molecule has 3 N–H and O–H groups in total. The lowest BCUT2D eigenvalue weighted by molar-refractivity contribution is 0.360. The lowest BCUT2D eigenvalue weighted by Gasteiger charge is -2.19. The molecule has 3 heteroatoms. The number of phenolic OH excluding ortho intramolecular Hbond substituents is 1. The van der Waals surface area contributed by atoms with Crippen molar-refractivity contribution >= 4 is 0 Å². The standard InChI is InChI=1S/C11H17NO2/c1-7(2)10(12)8-5-4-6-9(13)11(8)14-3/h4-7,10,13H,12H2,1-3H3/t10-/m0/s1. The fraction of sp³-hybridized carbons (Fsp3) is 0.455. The van der Waals surface area contributed by atoms with Crippen molar-refractivity contribution in [3.8, 4) is 11.5 Å². The molecule has 0 radical (unpaired) electrons. The zero-order chi connectivity index (χ0) is 10.7. The van der Waals surface area contributed by atoms with Gasteiger partial charge in [0.05, 0.1) is 7.11 Å². The lowest BCUT2D eigenvalue weighted by atomic mass is 9.96. The predicted octanol–water partition coefficient (Wildman–Crippen LogP) is 2.06. The molecular formula is C11H17NO2. The van der Waals surface area contributed by atoms with Crippen molar-refractivity contribution in [3.05, 3.63) is 23.8 Å². The van der Waals surface area contributed by atoms with Crippen LogP contribution < -0.4 is 10.5 Å². The van der Waals surface area contributed by atoms with Crippen molar-refractivity contribution in [2.75, 3.05) is 7.11 Å². The molecule has 1 atom stereocenters. The van der Waals surface area contributed by atoms with E-state index in [0.29, 0.717) is 11.7 Å². The number of aromatic hydroxyl groups is 1. The van der Waals surface area contributed by atoms with E-state index in [9.17, 15) is 5.11 Å². The van der Waals surface area contributed by atoms with Gasteiger partial charge in [-0.2, -0.15) is 0 Å². The molecule has 14 heavy (non-hydrogen) atoms. The number of hydrogen-bond donors (Lipinski definition) is 2. The van der Waals surface area contributed by atoms with E-state index in [0.717, 1.165) is 5.56 Å². The Morgan fingerprint density at radius 1 is 1.36 bits per heavy atom. The Morgan fingerprint density at radius 3 is 2.50 bits per heavy atom. The van der Waals surface area contributed by atoms with E-state index in [1.54, 1.807) is 12.1 Å². The van der Waals surface area contributed by atoms with Gasteiger partial charge in [-0.05, 0) is 12.0 Å². The topological polar surface area (TPSA) is 55.5 Å². The SMILES string of the molecule is COc1c(O)cccc1[C@@H](N)C(C)C. The Bertz CT molecular complexity index is 310. The van der Waals surface area contributed by atoms with E-state index in [4.69, 9.17) is 10.5 Å². The molecule has 0 unspecified atom stereocenters. The minimum atomic E-state index is -0.114. The maximum Gasteiger partial charge on any atom is 0.165 e. The highest BCUT2D eigenvalue weighted by Gasteiger charge is 2.17. The highest BCUT2D eigenvalue weighted by molar-refractivity contribution is 5.47. The van der Waals surface area contributed by atoms with Gasteiger partial charge in [-0.15, -0.1) is 0 Å². The fourth-order valence-electron chi connectivity index (χ4n) is 1.39. The van der Waals surface area contributed by atoms with Crippen LogP contribution in [-0.4, -0.2) is 12.2 Å². The molecule has 1 aromatic carbocycles. The maximum absolute atomic E-state index is 9.54. The number of ether oxygens (including phenoxy) is 1. The quantitative estimate of drug-likeness (QED) is 0.776. The van der Waals surface area contributed by atoms with Crippen LogP contribution in [0.25, 0.3) is 0 Å². The molecule has 78 valence electrons. The summed E-state index contributed by atoms with van der Waals surface area (Å²) in [4.78, 5) is 0. The number of rotatable bonds is 3. The number of methoxy groups -OCH3 is 1. The lowest BCUT2D eigenvalue weighted by Crippen LogP contribution is -2.17. The third-order valence-electron chi connectivity index (χ3n) is 2.31. The average Bonchev–Trinajstić information content (AvgIpc) is 2.16. The smallest absolute Gasteiger partial charge is 0.165 e. The maximum atomic E-state index is 9.54. The Morgan fingerprint density at radius 2 is 2.00 bits per heavy atom. The Labute approximate surface area is 84.5 Å². The monoisotopic (exact) mass is 195 g/mol. The molecule has 0 saturated carbocycles. The number of hydrogen-bond acceptors (Lipinski definition) is 3. The van der Waals surface area contributed by atoms with Crippen molar-refractivity contribution in [1.29, 1.82) is 0 Å². The number of nitrogens with two attached hydrogens (primary N) is 1. The third-order valence-corrected chi connectivity index (χ3v) is 2.31. The molecule has 0 heterocycles. The Balaban J connectivity index is 3.13. The van der Waals surface area contributed by atoms with Crippen molar-refractivity contribution in [2.45, 2.75) is 19.9 Å². The zero-order valence-corrected chi connectivity index (χ0v) is 8.82. The Hall–Kier alpha value is -1.22. The summed E-state index contributed by atoms with van der Waals surface area (Å²) in [6, 6.07) is 5.13. The van der Waals surface area contributed by atoms with Crippen LogP contribution in [0.4, 0.5) is 0 Å². The summed E-state index contributed by atoms with van der Waals surface area (Å²) in [5.41, 5.74) is 6.84. The van der Waals surface area contributed by atoms with Gasteiger partial charge in [-0.1, -0.05) is 26.0 Å². The van der Waals surface area contributed by atoms with Crippen LogP contribution in [0.1, 0.15) is 25.5 Å². The summed E-state index contributed by atoms with van der Waals surface area (Å²) in [5, 5.41) is 9.54. The number of phenols is 1. The number of benzene rings is 1. The molecule has 0 aromatic heterocycles. The van der Waals surface area contributed by atoms with Gasteiger partial charge in [0.25, 0.3) is 0 Å². The van der Waals surface area contributed by atoms with E-state index >= 15 is 0 Å². The van der Waals surface area contributed by atoms with Crippen molar-refractivity contribution in [3.63, 3.8) is 0 Å². The second-order valence-electron chi connectivity index (χ2n) is 3.67. The van der Waals surface area contributed by atoms with E-state index in [2.05, 4.69) is 0 Å². The van der Waals surface area contributed by atoms with E-state index in [1.807, 2.05) is 19.9 Å². The van der Waals surface area contributed by atoms with Crippen molar-refractivity contribution in [2.24, 2.45) is 11.7 Å².